The monoisotopic (exact) mass is 434 g/mol. The molecule has 3 aromatic carbocycles. The van der Waals surface area contributed by atoms with Crippen molar-refractivity contribution in [1.82, 2.24) is 0 Å². The zero-order valence-corrected chi connectivity index (χ0v) is 17.7. The van der Waals surface area contributed by atoms with Crippen molar-refractivity contribution >= 4 is 34.8 Å². The van der Waals surface area contributed by atoms with E-state index in [1.54, 1.807) is 36.4 Å². The minimum atomic E-state index is -0.559. The fourth-order valence-electron chi connectivity index (χ4n) is 4.17. The number of amides is 2. The SMILES string of the molecule is O=C(Nc1ccc(NC(=O)C2(c3ccccc3)CCCC2)cc1O)c1cccc(Cl)c1. The molecule has 31 heavy (non-hydrogen) atoms. The van der Waals surface area contributed by atoms with E-state index in [-0.39, 0.29) is 23.3 Å². The van der Waals surface area contributed by atoms with Gasteiger partial charge in [0, 0.05) is 22.3 Å². The summed E-state index contributed by atoms with van der Waals surface area (Å²) in [5, 5.41) is 16.5. The second kappa shape index (κ2) is 8.82. The third-order valence-electron chi connectivity index (χ3n) is 5.81. The summed E-state index contributed by atoms with van der Waals surface area (Å²) in [7, 11) is 0. The fourth-order valence-corrected chi connectivity index (χ4v) is 4.36. The lowest BCUT2D eigenvalue weighted by molar-refractivity contribution is -0.121. The lowest BCUT2D eigenvalue weighted by Crippen LogP contribution is -2.37. The molecule has 0 aromatic heterocycles. The average Bonchev–Trinajstić information content (AvgIpc) is 3.27. The molecule has 4 rings (SSSR count). The van der Waals surface area contributed by atoms with E-state index in [1.165, 1.54) is 6.07 Å². The van der Waals surface area contributed by atoms with Crippen molar-refractivity contribution in [3.05, 3.63) is 88.9 Å². The quantitative estimate of drug-likeness (QED) is 0.447. The number of benzene rings is 3. The van der Waals surface area contributed by atoms with E-state index in [1.807, 2.05) is 30.3 Å². The van der Waals surface area contributed by atoms with Crippen molar-refractivity contribution in [3.63, 3.8) is 0 Å². The van der Waals surface area contributed by atoms with E-state index in [4.69, 9.17) is 11.6 Å². The molecule has 1 aliphatic carbocycles. The van der Waals surface area contributed by atoms with E-state index >= 15 is 0 Å². The third-order valence-corrected chi connectivity index (χ3v) is 6.04. The van der Waals surface area contributed by atoms with Crippen molar-refractivity contribution in [2.45, 2.75) is 31.1 Å². The first kappa shape index (κ1) is 20.9. The molecule has 6 heteroatoms. The largest absolute Gasteiger partial charge is 0.506 e. The number of hydrogen-bond donors (Lipinski definition) is 3. The summed E-state index contributed by atoms with van der Waals surface area (Å²) in [6, 6.07) is 21.1. The minimum Gasteiger partial charge on any atom is -0.506 e. The lowest BCUT2D eigenvalue weighted by atomic mass is 9.78. The van der Waals surface area contributed by atoms with Crippen molar-refractivity contribution < 1.29 is 14.7 Å². The van der Waals surface area contributed by atoms with Crippen LogP contribution < -0.4 is 10.6 Å². The Morgan fingerprint density at radius 2 is 1.61 bits per heavy atom. The van der Waals surface area contributed by atoms with Crippen LogP contribution in [0.3, 0.4) is 0 Å². The van der Waals surface area contributed by atoms with Gasteiger partial charge >= 0.3 is 0 Å². The van der Waals surface area contributed by atoms with E-state index in [0.717, 1.165) is 31.2 Å². The first-order chi connectivity index (χ1) is 15.0. The maximum atomic E-state index is 13.3. The zero-order valence-electron chi connectivity index (χ0n) is 16.9. The molecular formula is C25H23ClN2O3. The fraction of sp³-hybridized carbons (Fsp3) is 0.200. The summed E-state index contributed by atoms with van der Waals surface area (Å²) in [5.74, 6) is -0.594. The summed E-state index contributed by atoms with van der Waals surface area (Å²) in [4.78, 5) is 25.7. The van der Waals surface area contributed by atoms with Gasteiger partial charge < -0.3 is 15.7 Å². The molecule has 0 bridgehead atoms. The number of aromatic hydroxyl groups is 1. The van der Waals surface area contributed by atoms with Gasteiger partial charge in [-0.15, -0.1) is 0 Å². The molecule has 0 aliphatic heterocycles. The van der Waals surface area contributed by atoms with Crippen molar-refractivity contribution in [1.29, 1.82) is 0 Å². The Hall–Kier alpha value is -3.31. The Morgan fingerprint density at radius 3 is 2.29 bits per heavy atom. The molecule has 3 aromatic rings. The molecule has 0 heterocycles. The standard InChI is InChI=1S/C25H23ClN2O3/c26-19-10-6-7-17(15-19)23(30)28-21-12-11-20(16-22(21)29)27-24(31)25(13-4-5-14-25)18-8-2-1-3-9-18/h1-3,6-12,15-16,29H,4-5,13-14H2,(H,27,31)(H,28,30). The number of nitrogens with one attached hydrogen (secondary N) is 2. The van der Waals surface area contributed by atoms with Crippen molar-refractivity contribution in [2.24, 2.45) is 0 Å². The molecule has 0 unspecified atom stereocenters. The first-order valence-corrected chi connectivity index (χ1v) is 10.6. The molecule has 0 atom stereocenters. The normalized spacial score (nSPS) is 14.7. The Bertz CT molecular complexity index is 1110. The predicted octanol–water partition coefficient (Wildman–Crippen LogP) is 5.75. The highest BCUT2D eigenvalue weighted by molar-refractivity contribution is 6.31. The second-order valence-corrected chi connectivity index (χ2v) is 8.24. The molecule has 5 nitrogen and oxygen atoms in total. The zero-order chi connectivity index (χ0) is 21.8. The molecular weight excluding hydrogens is 412 g/mol. The maximum Gasteiger partial charge on any atom is 0.255 e. The smallest absolute Gasteiger partial charge is 0.255 e. The molecule has 0 saturated heterocycles. The van der Waals surface area contributed by atoms with Crippen LogP contribution in [0.1, 0.15) is 41.6 Å². The van der Waals surface area contributed by atoms with Gasteiger partial charge in [0.1, 0.15) is 5.75 Å². The second-order valence-electron chi connectivity index (χ2n) is 7.81. The number of rotatable bonds is 5. The summed E-state index contributed by atoms with van der Waals surface area (Å²) >= 11 is 5.93. The molecule has 0 spiro atoms. The number of phenols is 1. The van der Waals surface area contributed by atoms with Gasteiger partial charge in [0.15, 0.2) is 0 Å². The Balaban J connectivity index is 1.50. The maximum absolute atomic E-state index is 13.3. The molecule has 1 saturated carbocycles. The third kappa shape index (κ3) is 4.42. The van der Waals surface area contributed by atoms with Crippen LogP contribution >= 0.6 is 11.6 Å². The van der Waals surface area contributed by atoms with Crippen LogP contribution in [0.25, 0.3) is 0 Å². The van der Waals surface area contributed by atoms with Gasteiger partial charge in [-0.3, -0.25) is 9.59 Å². The molecule has 158 valence electrons. The minimum absolute atomic E-state index is 0.0775. The Morgan fingerprint density at radius 1 is 0.871 bits per heavy atom. The predicted molar refractivity (Wildman–Crippen MR) is 123 cm³/mol. The highest BCUT2D eigenvalue weighted by Gasteiger charge is 2.42. The van der Waals surface area contributed by atoms with Crippen LogP contribution in [-0.2, 0) is 10.2 Å². The highest BCUT2D eigenvalue weighted by Crippen LogP contribution is 2.42. The van der Waals surface area contributed by atoms with Gasteiger partial charge in [-0.05, 0) is 48.7 Å². The van der Waals surface area contributed by atoms with Gasteiger partial charge in [-0.1, -0.05) is 60.8 Å². The van der Waals surface area contributed by atoms with Crippen LogP contribution in [0, 0.1) is 0 Å². The Labute approximate surface area is 186 Å². The number of carbonyl (C=O) groups excluding carboxylic acids is 2. The summed E-state index contributed by atoms with van der Waals surface area (Å²) in [6.07, 6.45) is 3.59. The van der Waals surface area contributed by atoms with Crippen LogP contribution in [0.15, 0.2) is 72.8 Å². The summed E-state index contributed by atoms with van der Waals surface area (Å²) in [5.41, 5.74) is 1.57. The Kier molecular flexibility index (Phi) is 5.96. The van der Waals surface area contributed by atoms with E-state index in [0.29, 0.717) is 16.3 Å². The van der Waals surface area contributed by atoms with Crippen molar-refractivity contribution in [2.75, 3.05) is 10.6 Å². The average molecular weight is 435 g/mol. The van der Waals surface area contributed by atoms with Gasteiger partial charge in [-0.2, -0.15) is 0 Å². The van der Waals surface area contributed by atoms with Crippen molar-refractivity contribution in [3.8, 4) is 5.75 Å². The number of anilines is 2. The van der Waals surface area contributed by atoms with Gasteiger partial charge in [0.2, 0.25) is 5.91 Å². The highest BCUT2D eigenvalue weighted by atomic mass is 35.5. The molecule has 0 radical (unpaired) electrons. The van der Waals surface area contributed by atoms with Gasteiger partial charge in [0.25, 0.3) is 5.91 Å². The molecule has 1 aliphatic rings. The van der Waals surface area contributed by atoms with Crippen LogP contribution in [0.2, 0.25) is 5.02 Å². The summed E-state index contributed by atoms with van der Waals surface area (Å²) < 4.78 is 0. The first-order valence-electron chi connectivity index (χ1n) is 10.2. The molecule has 2 amide bonds. The molecule has 1 fully saturated rings. The number of hydrogen-bond acceptors (Lipinski definition) is 3. The van der Waals surface area contributed by atoms with E-state index < -0.39 is 5.41 Å². The van der Waals surface area contributed by atoms with Gasteiger partial charge in [0.05, 0.1) is 11.1 Å². The van der Waals surface area contributed by atoms with E-state index in [9.17, 15) is 14.7 Å². The lowest BCUT2D eigenvalue weighted by Gasteiger charge is -2.28. The number of carbonyl (C=O) groups is 2. The van der Waals surface area contributed by atoms with Crippen LogP contribution in [0.4, 0.5) is 11.4 Å². The van der Waals surface area contributed by atoms with Crippen LogP contribution in [-0.4, -0.2) is 16.9 Å². The summed E-state index contributed by atoms with van der Waals surface area (Å²) in [6.45, 7) is 0. The molecule has 3 N–H and O–H groups in total. The topological polar surface area (TPSA) is 78.4 Å². The number of halogens is 1. The number of phenolic OH excluding ortho intramolecular Hbond substituents is 1. The van der Waals surface area contributed by atoms with Gasteiger partial charge in [-0.25, -0.2) is 0 Å². The van der Waals surface area contributed by atoms with E-state index in [2.05, 4.69) is 10.6 Å². The van der Waals surface area contributed by atoms with Crippen LogP contribution in [0.5, 0.6) is 5.75 Å².